The summed E-state index contributed by atoms with van der Waals surface area (Å²) in [4.78, 5) is 25.0. The number of carbonyl (C=O) groups is 2. The van der Waals surface area contributed by atoms with Gasteiger partial charge in [-0.05, 0) is 40.7 Å². The molecule has 4 nitrogen and oxygen atoms in total. The Labute approximate surface area is 118 Å². The van der Waals surface area contributed by atoms with Crippen LogP contribution in [-0.2, 0) is 4.79 Å². The molecule has 1 aliphatic heterocycles. The first-order valence-corrected chi connectivity index (χ1v) is 6.41. The van der Waals surface area contributed by atoms with Crippen LogP contribution >= 0.6 is 15.9 Å². The smallest absolute Gasteiger partial charge is 0.299 e. The van der Waals surface area contributed by atoms with E-state index in [9.17, 15) is 14.0 Å². The van der Waals surface area contributed by atoms with Gasteiger partial charge in [-0.1, -0.05) is 6.58 Å². The van der Waals surface area contributed by atoms with Crippen molar-refractivity contribution in [3.63, 3.8) is 0 Å². The second kappa shape index (κ2) is 5.22. The van der Waals surface area contributed by atoms with Crippen LogP contribution in [0.1, 0.15) is 10.4 Å². The Kier molecular flexibility index (Phi) is 3.82. The number of ketones is 1. The van der Waals surface area contributed by atoms with Crippen LogP contribution in [0.25, 0.3) is 0 Å². The van der Waals surface area contributed by atoms with E-state index >= 15 is 0 Å². The van der Waals surface area contributed by atoms with Gasteiger partial charge in [0.15, 0.2) is 0 Å². The number of hydrogen-bond donors (Lipinski definition) is 1. The lowest BCUT2D eigenvalue weighted by Gasteiger charge is -2.18. The number of benzene rings is 1. The maximum atomic E-state index is 13.6. The van der Waals surface area contributed by atoms with Crippen LogP contribution in [0.3, 0.4) is 0 Å². The average Bonchev–Trinajstić information content (AvgIpc) is 2.56. The largest absolute Gasteiger partial charge is 0.316 e. The molecule has 19 heavy (non-hydrogen) atoms. The van der Waals surface area contributed by atoms with Gasteiger partial charge in [0, 0.05) is 13.1 Å². The van der Waals surface area contributed by atoms with E-state index in [1.807, 2.05) is 0 Å². The molecule has 0 radical (unpaired) electrons. The number of hydrogen-bond acceptors (Lipinski definition) is 3. The first-order chi connectivity index (χ1) is 8.95. The fourth-order valence-electron chi connectivity index (χ4n) is 1.98. The highest BCUT2D eigenvalue weighted by Crippen LogP contribution is 2.33. The van der Waals surface area contributed by atoms with Gasteiger partial charge < -0.3 is 10.2 Å². The van der Waals surface area contributed by atoms with Crippen LogP contribution in [-0.4, -0.2) is 31.8 Å². The quantitative estimate of drug-likeness (QED) is 0.679. The number of anilines is 1. The summed E-state index contributed by atoms with van der Waals surface area (Å²) in [5, 5.41) is 2.91. The maximum Gasteiger partial charge on any atom is 0.299 e. The fraction of sp³-hybridized carbons (Fsp3) is 0.231. The number of amides is 1. The summed E-state index contributed by atoms with van der Waals surface area (Å²) >= 11 is 3.01. The van der Waals surface area contributed by atoms with Crippen LogP contribution in [0.4, 0.5) is 10.1 Å². The highest BCUT2D eigenvalue weighted by atomic mass is 79.9. The number of nitrogens with zero attached hydrogens (tertiary/aromatic N) is 1. The molecule has 2 rings (SSSR count). The number of rotatable bonds is 4. The van der Waals surface area contributed by atoms with Crippen molar-refractivity contribution in [1.29, 1.82) is 0 Å². The second-order valence-corrected chi connectivity index (χ2v) is 5.14. The lowest BCUT2D eigenvalue weighted by Crippen LogP contribution is -2.33. The lowest BCUT2D eigenvalue weighted by molar-refractivity contribution is -0.114. The summed E-state index contributed by atoms with van der Waals surface area (Å²) in [6.07, 6.45) is 0. The minimum Gasteiger partial charge on any atom is -0.316 e. The number of fused-ring (bicyclic) bond motifs is 1. The normalized spacial score (nSPS) is 13.9. The third-order valence-corrected chi connectivity index (χ3v) is 3.43. The van der Waals surface area contributed by atoms with Gasteiger partial charge in [-0.3, -0.25) is 9.59 Å². The molecule has 1 N–H and O–H groups in total. The van der Waals surface area contributed by atoms with Gasteiger partial charge in [-0.25, -0.2) is 4.39 Å². The third kappa shape index (κ3) is 2.46. The van der Waals surface area contributed by atoms with E-state index in [1.54, 1.807) is 7.05 Å². The molecule has 0 aliphatic carbocycles. The van der Waals surface area contributed by atoms with E-state index in [1.165, 1.54) is 17.0 Å². The molecule has 1 heterocycles. The molecule has 100 valence electrons. The molecule has 0 unspecified atom stereocenters. The predicted molar refractivity (Wildman–Crippen MR) is 73.9 cm³/mol. The van der Waals surface area contributed by atoms with Crippen LogP contribution in [0.2, 0.25) is 0 Å². The zero-order valence-corrected chi connectivity index (χ0v) is 11.9. The molecular weight excluding hydrogens is 315 g/mol. The van der Waals surface area contributed by atoms with Crippen molar-refractivity contribution in [2.75, 3.05) is 25.0 Å². The molecule has 0 spiro atoms. The molecule has 0 aromatic heterocycles. The Morgan fingerprint density at radius 2 is 2.16 bits per heavy atom. The zero-order chi connectivity index (χ0) is 14.2. The Hall–Kier alpha value is -1.53. The summed E-state index contributed by atoms with van der Waals surface area (Å²) in [7, 11) is 1.76. The molecule has 1 amide bonds. The number of nitrogens with one attached hydrogen (secondary N) is 1. The number of Topliss-reactive ketones (excluding diaryl/α,β-unsaturated/α-hetero) is 1. The monoisotopic (exact) mass is 326 g/mol. The first kappa shape index (κ1) is 13.9. The molecule has 0 saturated heterocycles. The SMILES string of the molecule is C=C(CNC)CN1C(=O)C(=O)c2cc(Br)c(F)cc21. The predicted octanol–water partition coefficient (Wildman–Crippen LogP) is 1.89. The highest BCUT2D eigenvalue weighted by molar-refractivity contribution is 9.10. The Morgan fingerprint density at radius 3 is 2.79 bits per heavy atom. The van der Waals surface area contributed by atoms with Crippen molar-refractivity contribution in [1.82, 2.24) is 5.32 Å². The summed E-state index contributed by atoms with van der Waals surface area (Å²) in [6.45, 7) is 4.52. The zero-order valence-electron chi connectivity index (χ0n) is 10.3. The van der Waals surface area contributed by atoms with Crippen molar-refractivity contribution >= 4 is 33.3 Å². The van der Waals surface area contributed by atoms with Gasteiger partial charge in [0.2, 0.25) is 0 Å². The Morgan fingerprint density at radius 1 is 1.47 bits per heavy atom. The standard InChI is InChI=1S/C13H12BrFN2O2/c1-7(5-16-2)6-17-11-4-10(15)9(14)3-8(11)12(18)13(17)19/h3-4,16H,1,5-6H2,2H3. The molecular formula is C13H12BrFN2O2. The second-order valence-electron chi connectivity index (χ2n) is 4.28. The Balaban J connectivity index is 2.38. The molecule has 6 heteroatoms. The summed E-state index contributed by atoms with van der Waals surface area (Å²) < 4.78 is 13.7. The fourth-order valence-corrected chi connectivity index (χ4v) is 2.32. The molecule has 0 fully saturated rings. The van der Waals surface area contributed by atoms with Gasteiger partial charge in [-0.15, -0.1) is 0 Å². The van der Waals surface area contributed by atoms with Gasteiger partial charge in [-0.2, -0.15) is 0 Å². The number of halogens is 2. The summed E-state index contributed by atoms with van der Waals surface area (Å²) in [6, 6.07) is 2.53. The van der Waals surface area contributed by atoms with E-state index in [0.717, 1.165) is 5.57 Å². The average molecular weight is 327 g/mol. The third-order valence-electron chi connectivity index (χ3n) is 2.82. The van der Waals surface area contributed by atoms with Crippen LogP contribution < -0.4 is 10.2 Å². The number of carbonyl (C=O) groups excluding carboxylic acids is 2. The molecule has 0 bridgehead atoms. The number of likely N-dealkylation sites (N-methyl/N-ethyl adjacent to an activating group) is 1. The van der Waals surface area contributed by atoms with Gasteiger partial charge >= 0.3 is 0 Å². The van der Waals surface area contributed by atoms with Crippen molar-refractivity contribution in [2.45, 2.75) is 0 Å². The molecule has 0 saturated carbocycles. The minimum absolute atomic E-state index is 0.170. The molecule has 1 aliphatic rings. The van der Waals surface area contributed by atoms with E-state index in [-0.39, 0.29) is 16.6 Å². The van der Waals surface area contributed by atoms with E-state index < -0.39 is 17.5 Å². The van der Waals surface area contributed by atoms with Gasteiger partial charge in [0.25, 0.3) is 11.7 Å². The topological polar surface area (TPSA) is 49.4 Å². The van der Waals surface area contributed by atoms with Crippen LogP contribution in [0, 0.1) is 5.82 Å². The highest BCUT2D eigenvalue weighted by Gasteiger charge is 2.36. The van der Waals surface area contributed by atoms with Crippen LogP contribution in [0.15, 0.2) is 28.8 Å². The Bertz CT molecular complexity index is 586. The van der Waals surface area contributed by atoms with Crippen molar-refractivity contribution in [3.8, 4) is 0 Å². The maximum absolute atomic E-state index is 13.6. The van der Waals surface area contributed by atoms with Crippen molar-refractivity contribution in [3.05, 3.63) is 40.1 Å². The molecule has 1 aromatic carbocycles. The van der Waals surface area contributed by atoms with Crippen molar-refractivity contribution in [2.24, 2.45) is 0 Å². The van der Waals surface area contributed by atoms with Gasteiger partial charge in [0.1, 0.15) is 5.82 Å². The van der Waals surface area contributed by atoms with Gasteiger partial charge in [0.05, 0.1) is 15.7 Å². The van der Waals surface area contributed by atoms with E-state index in [0.29, 0.717) is 12.2 Å². The summed E-state index contributed by atoms with van der Waals surface area (Å²) in [5.74, 6) is -1.77. The molecule has 1 aromatic rings. The van der Waals surface area contributed by atoms with E-state index in [2.05, 4.69) is 27.8 Å². The first-order valence-electron chi connectivity index (χ1n) is 5.62. The van der Waals surface area contributed by atoms with E-state index in [4.69, 9.17) is 0 Å². The van der Waals surface area contributed by atoms with Crippen LogP contribution in [0.5, 0.6) is 0 Å². The van der Waals surface area contributed by atoms with Crippen molar-refractivity contribution < 1.29 is 14.0 Å². The lowest BCUT2D eigenvalue weighted by atomic mass is 10.1. The summed E-state index contributed by atoms with van der Waals surface area (Å²) in [5.41, 5.74) is 1.25. The minimum atomic E-state index is -0.648. The molecule has 0 atom stereocenters.